The number of hydrogen-bond acceptors (Lipinski definition) is 7. The molecule has 1 atom stereocenters. The molecule has 2 aromatic rings. The first-order chi connectivity index (χ1) is 12.2. The number of aryl methyl sites for hydroxylation is 1. The average molecular weight is 346 g/mol. The van der Waals surface area contributed by atoms with Crippen LogP contribution in [-0.2, 0) is 22.7 Å². The summed E-state index contributed by atoms with van der Waals surface area (Å²) in [5.74, 6) is 0.898. The van der Waals surface area contributed by atoms with Crippen molar-refractivity contribution in [3.05, 3.63) is 41.3 Å². The molecule has 3 rings (SSSR count). The zero-order valence-corrected chi connectivity index (χ0v) is 14.5. The molecule has 1 aliphatic heterocycles. The van der Waals surface area contributed by atoms with Gasteiger partial charge < -0.3 is 18.9 Å². The van der Waals surface area contributed by atoms with E-state index in [9.17, 15) is 4.79 Å². The molecule has 1 fully saturated rings. The van der Waals surface area contributed by atoms with Crippen molar-refractivity contribution in [2.75, 3.05) is 20.2 Å². The lowest BCUT2D eigenvalue weighted by atomic mass is 10.1. The van der Waals surface area contributed by atoms with Crippen LogP contribution in [0.3, 0.4) is 0 Å². The van der Waals surface area contributed by atoms with E-state index in [2.05, 4.69) is 15.1 Å². The Bertz CT molecular complexity index is 701. The second kappa shape index (κ2) is 8.17. The Kier molecular flexibility index (Phi) is 5.72. The zero-order valence-electron chi connectivity index (χ0n) is 14.5. The van der Waals surface area contributed by atoms with Crippen molar-refractivity contribution in [3.63, 3.8) is 0 Å². The number of amides is 1. The second-order valence-electron chi connectivity index (χ2n) is 6.05. The first kappa shape index (κ1) is 17.5. The molecule has 0 bridgehead atoms. The van der Waals surface area contributed by atoms with Crippen molar-refractivity contribution >= 4 is 5.91 Å². The van der Waals surface area contributed by atoms with Crippen molar-refractivity contribution in [1.82, 2.24) is 20.0 Å². The summed E-state index contributed by atoms with van der Waals surface area (Å²) in [7, 11) is 1.57. The summed E-state index contributed by atoms with van der Waals surface area (Å²) in [6.07, 6.45) is 3.38. The Hall–Kier alpha value is -2.32. The van der Waals surface area contributed by atoms with Crippen LogP contribution in [-0.4, -0.2) is 52.2 Å². The largest absolute Gasteiger partial charge is 0.375 e. The summed E-state index contributed by atoms with van der Waals surface area (Å²) in [5, 5.41) is 3.85. The second-order valence-corrected chi connectivity index (χ2v) is 6.05. The molecule has 3 heterocycles. The molecule has 0 radical (unpaired) electrons. The van der Waals surface area contributed by atoms with Crippen LogP contribution in [0.4, 0.5) is 0 Å². The third-order valence-electron chi connectivity index (χ3n) is 4.05. The molecule has 0 aromatic carbocycles. The van der Waals surface area contributed by atoms with Crippen LogP contribution in [0.25, 0.3) is 0 Å². The van der Waals surface area contributed by atoms with Crippen molar-refractivity contribution in [1.29, 1.82) is 0 Å². The summed E-state index contributed by atoms with van der Waals surface area (Å²) in [5.41, 5.74) is 1.50. The fourth-order valence-electron chi connectivity index (χ4n) is 2.76. The number of rotatable bonds is 6. The molecule has 2 aromatic heterocycles. The van der Waals surface area contributed by atoms with Gasteiger partial charge in [0, 0.05) is 32.1 Å². The molecule has 8 nitrogen and oxygen atoms in total. The summed E-state index contributed by atoms with van der Waals surface area (Å²) in [6.45, 7) is 3.71. The van der Waals surface area contributed by atoms with Crippen LogP contribution < -0.4 is 0 Å². The number of pyridine rings is 1. The van der Waals surface area contributed by atoms with Gasteiger partial charge in [-0.25, -0.2) is 0 Å². The Morgan fingerprint density at radius 1 is 1.40 bits per heavy atom. The maximum absolute atomic E-state index is 12.6. The van der Waals surface area contributed by atoms with Gasteiger partial charge in [0.15, 0.2) is 5.82 Å². The molecule has 134 valence electrons. The molecule has 0 spiro atoms. The maximum atomic E-state index is 12.6. The molecule has 1 unspecified atom stereocenters. The molecule has 1 amide bonds. The smallest absolute Gasteiger partial charge is 0.255 e. The fourth-order valence-corrected chi connectivity index (χ4v) is 2.76. The highest BCUT2D eigenvalue weighted by atomic mass is 16.5. The van der Waals surface area contributed by atoms with E-state index in [4.69, 9.17) is 14.0 Å². The van der Waals surface area contributed by atoms with Crippen molar-refractivity contribution in [2.45, 2.75) is 39.1 Å². The van der Waals surface area contributed by atoms with E-state index in [0.717, 1.165) is 25.1 Å². The van der Waals surface area contributed by atoms with Gasteiger partial charge >= 0.3 is 0 Å². The minimum atomic E-state index is -0.0412. The van der Waals surface area contributed by atoms with Crippen LogP contribution in [0.2, 0.25) is 0 Å². The molecule has 1 saturated heterocycles. The van der Waals surface area contributed by atoms with Gasteiger partial charge in [0.05, 0.1) is 11.7 Å². The van der Waals surface area contributed by atoms with Gasteiger partial charge in [-0.05, 0) is 31.9 Å². The lowest BCUT2D eigenvalue weighted by Crippen LogP contribution is -2.43. The lowest BCUT2D eigenvalue weighted by Gasteiger charge is -2.32. The van der Waals surface area contributed by atoms with Crippen LogP contribution in [0.1, 0.15) is 40.6 Å². The highest BCUT2D eigenvalue weighted by Crippen LogP contribution is 2.17. The molecule has 25 heavy (non-hydrogen) atoms. The van der Waals surface area contributed by atoms with Crippen molar-refractivity contribution in [2.24, 2.45) is 0 Å². The standard InChI is InChI=1S/C17H22N4O4/c1-12-5-6-13(8-18-12)17(22)21-7-3-4-14(9-21)24-10-15-19-16(11-23-2)25-20-15/h5-6,8,14H,3-4,7,9-11H2,1-2H3. The normalized spacial score (nSPS) is 17.7. The first-order valence-corrected chi connectivity index (χ1v) is 8.29. The Morgan fingerprint density at radius 2 is 2.28 bits per heavy atom. The van der Waals surface area contributed by atoms with E-state index in [1.54, 1.807) is 13.3 Å². The number of carbonyl (C=O) groups excluding carboxylic acids is 1. The molecule has 0 aliphatic carbocycles. The average Bonchev–Trinajstić information content (AvgIpc) is 3.08. The number of aromatic nitrogens is 3. The molecule has 8 heteroatoms. The van der Waals surface area contributed by atoms with Crippen LogP contribution in [0.5, 0.6) is 0 Å². The maximum Gasteiger partial charge on any atom is 0.255 e. The van der Waals surface area contributed by atoms with E-state index in [1.165, 1.54) is 0 Å². The summed E-state index contributed by atoms with van der Waals surface area (Å²) < 4.78 is 15.8. The van der Waals surface area contributed by atoms with Crippen LogP contribution >= 0.6 is 0 Å². The molecule has 0 N–H and O–H groups in total. The lowest BCUT2D eigenvalue weighted by molar-refractivity contribution is -0.00962. The third kappa shape index (κ3) is 4.61. The predicted molar refractivity (Wildman–Crippen MR) is 87.7 cm³/mol. The number of likely N-dealkylation sites (tertiary alicyclic amines) is 1. The highest BCUT2D eigenvalue weighted by Gasteiger charge is 2.25. The Morgan fingerprint density at radius 3 is 3.04 bits per heavy atom. The minimum absolute atomic E-state index is 0.0114. The summed E-state index contributed by atoms with van der Waals surface area (Å²) in [4.78, 5) is 22.8. The van der Waals surface area contributed by atoms with Gasteiger partial charge in [0.2, 0.25) is 0 Å². The molecule has 1 aliphatic rings. The SMILES string of the molecule is COCc1nc(COC2CCCN(C(=O)c3ccc(C)nc3)C2)no1. The number of piperidine rings is 1. The fraction of sp³-hybridized carbons (Fsp3) is 0.529. The number of methoxy groups -OCH3 is 1. The monoisotopic (exact) mass is 346 g/mol. The van der Waals surface area contributed by atoms with Gasteiger partial charge in [-0.1, -0.05) is 5.16 Å². The molecular weight excluding hydrogens is 324 g/mol. The number of hydrogen-bond donors (Lipinski definition) is 0. The van der Waals surface area contributed by atoms with Crippen LogP contribution in [0.15, 0.2) is 22.9 Å². The zero-order chi connectivity index (χ0) is 17.6. The van der Waals surface area contributed by atoms with Crippen LogP contribution in [0, 0.1) is 6.92 Å². The summed E-state index contributed by atoms with van der Waals surface area (Å²) >= 11 is 0. The Balaban J connectivity index is 1.53. The molecular formula is C17H22N4O4. The summed E-state index contributed by atoms with van der Waals surface area (Å²) in [6, 6.07) is 3.66. The van der Waals surface area contributed by atoms with E-state index < -0.39 is 0 Å². The molecule has 0 saturated carbocycles. The van der Waals surface area contributed by atoms with Gasteiger partial charge in [-0.15, -0.1) is 0 Å². The van der Waals surface area contributed by atoms with E-state index in [1.807, 2.05) is 24.0 Å². The number of carbonyl (C=O) groups is 1. The first-order valence-electron chi connectivity index (χ1n) is 8.29. The topological polar surface area (TPSA) is 90.6 Å². The Labute approximate surface area is 146 Å². The third-order valence-corrected chi connectivity index (χ3v) is 4.05. The van der Waals surface area contributed by atoms with Gasteiger partial charge in [-0.3, -0.25) is 9.78 Å². The van der Waals surface area contributed by atoms with E-state index in [-0.39, 0.29) is 25.2 Å². The van der Waals surface area contributed by atoms with Crippen molar-refractivity contribution in [3.8, 4) is 0 Å². The predicted octanol–water partition coefficient (Wildman–Crippen LogP) is 1.74. The number of nitrogens with zero attached hydrogens (tertiary/aromatic N) is 4. The van der Waals surface area contributed by atoms with Gasteiger partial charge in [0.1, 0.15) is 13.2 Å². The highest BCUT2D eigenvalue weighted by molar-refractivity contribution is 5.94. The van der Waals surface area contributed by atoms with Crippen molar-refractivity contribution < 1.29 is 18.8 Å². The van der Waals surface area contributed by atoms with E-state index >= 15 is 0 Å². The number of ether oxygens (including phenoxy) is 2. The van der Waals surface area contributed by atoms with E-state index in [0.29, 0.717) is 23.8 Å². The quantitative estimate of drug-likeness (QED) is 0.787. The minimum Gasteiger partial charge on any atom is -0.375 e. The van der Waals surface area contributed by atoms with Gasteiger partial charge in [-0.2, -0.15) is 4.98 Å². The van der Waals surface area contributed by atoms with Gasteiger partial charge in [0.25, 0.3) is 11.8 Å².